The first-order valence-corrected chi connectivity index (χ1v) is 8.21. The third-order valence-corrected chi connectivity index (χ3v) is 4.77. The number of benzene rings is 3. The zero-order valence-electron chi connectivity index (χ0n) is 13.1. The predicted molar refractivity (Wildman–Crippen MR) is 96.9 cm³/mol. The van der Waals surface area contributed by atoms with Crippen LogP contribution < -0.4 is 5.32 Å². The summed E-state index contributed by atoms with van der Waals surface area (Å²) in [6.07, 6.45) is -0.343. The summed E-state index contributed by atoms with van der Waals surface area (Å²) in [7, 11) is 0. The molecule has 0 aromatic heterocycles. The summed E-state index contributed by atoms with van der Waals surface area (Å²) in [5.74, 6) is -0.921. The van der Waals surface area contributed by atoms with E-state index < -0.39 is 11.5 Å². The quantitative estimate of drug-likeness (QED) is 0.703. The minimum Gasteiger partial charge on any atom is -0.375 e. The molecule has 2 N–H and O–H groups in total. The Morgan fingerprint density at radius 2 is 1.80 bits per heavy atom. The molecule has 1 aliphatic rings. The lowest BCUT2D eigenvalue weighted by Gasteiger charge is -2.20. The minimum absolute atomic E-state index is 0.309. The van der Waals surface area contributed by atoms with Crippen molar-refractivity contribution in [3.8, 4) is 0 Å². The van der Waals surface area contributed by atoms with Crippen LogP contribution in [-0.4, -0.2) is 16.8 Å². The molecule has 0 saturated heterocycles. The first kappa shape index (κ1) is 15.8. The minimum atomic E-state index is -1.91. The van der Waals surface area contributed by atoms with Crippen LogP contribution in [0.25, 0.3) is 10.8 Å². The van der Waals surface area contributed by atoms with Crippen molar-refractivity contribution in [1.29, 1.82) is 0 Å². The molecule has 0 radical (unpaired) electrons. The van der Waals surface area contributed by atoms with Crippen molar-refractivity contribution in [1.82, 2.24) is 0 Å². The molecule has 0 bridgehead atoms. The van der Waals surface area contributed by atoms with Gasteiger partial charge in [-0.2, -0.15) is 0 Å². The highest BCUT2D eigenvalue weighted by atomic mass is 35.5. The topological polar surface area (TPSA) is 66.4 Å². The molecule has 124 valence electrons. The van der Waals surface area contributed by atoms with Crippen LogP contribution in [0.1, 0.15) is 22.3 Å². The van der Waals surface area contributed by atoms with Crippen molar-refractivity contribution in [2.45, 2.75) is 12.0 Å². The number of anilines is 1. The Morgan fingerprint density at radius 3 is 2.60 bits per heavy atom. The molecule has 1 amide bonds. The average molecular weight is 352 g/mol. The zero-order chi connectivity index (χ0) is 17.6. The number of halogens is 1. The molecule has 0 spiro atoms. The number of carbonyl (C=O) groups is 2. The van der Waals surface area contributed by atoms with Crippen molar-refractivity contribution in [3.05, 3.63) is 76.8 Å². The fraction of sp³-hybridized carbons (Fsp3) is 0.100. The van der Waals surface area contributed by atoms with Gasteiger partial charge in [-0.15, -0.1) is 0 Å². The van der Waals surface area contributed by atoms with Crippen LogP contribution in [0.3, 0.4) is 0 Å². The van der Waals surface area contributed by atoms with E-state index in [0.29, 0.717) is 21.8 Å². The second-order valence-corrected chi connectivity index (χ2v) is 6.60. The standard InChI is InChI=1S/C20H14ClNO3/c21-15-7-8-17-16(10-15)20(25,19(24)22-17)11-18(23)14-6-5-12-3-1-2-4-13(12)9-14/h1-10,25H,11H2,(H,22,24)/t20-/m1/s1. The summed E-state index contributed by atoms with van der Waals surface area (Å²) >= 11 is 5.98. The molecule has 0 unspecified atom stereocenters. The van der Waals surface area contributed by atoms with Crippen molar-refractivity contribution in [2.75, 3.05) is 5.32 Å². The van der Waals surface area contributed by atoms with E-state index in [9.17, 15) is 14.7 Å². The number of amides is 1. The third kappa shape index (κ3) is 2.60. The number of rotatable bonds is 3. The van der Waals surface area contributed by atoms with Crippen molar-refractivity contribution < 1.29 is 14.7 Å². The van der Waals surface area contributed by atoms with Crippen LogP contribution in [-0.2, 0) is 10.4 Å². The number of carbonyl (C=O) groups excluding carboxylic acids is 2. The lowest BCUT2D eigenvalue weighted by molar-refractivity contribution is -0.133. The molecular formula is C20H14ClNO3. The number of ketones is 1. The van der Waals surface area contributed by atoms with Gasteiger partial charge >= 0.3 is 0 Å². The van der Waals surface area contributed by atoms with E-state index in [1.807, 2.05) is 30.3 Å². The second-order valence-electron chi connectivity index (χ2n) is 6.17. The number of nitrogens with one attached hydrogen (secondary N) is 1. The molecule has 1 atom stereocenters. The van der Waals surface area contributed by atoms with Gasteiger partial charge in [0.1, 0.15) is 0 Å². The van der Waals surface area contributed by atoms with E-state index in [0.717, 1.165) is 10.8 Å². The number of aliphatic hydroxyl groups is 1. The van der Waals surface area contributed by atoms with Crippen LogP contribution >= 0.6 is 11.6 Å². The van der Waals surface area contributed by atoms with E-state index in [1.54, 1.807) is 24.3 Å². The van der Waals surface area contributed by atoms with E-state index in [1.165, 1.54) is 6.07 Å². The van der Waals surface area contributed by atoms with Gasteiger partial charge in [-0.05, 0) is 35.0 Å². The average Bonchev–Trinajstić information content (AvgIpc) is 2.85. The Balaban J connectivity index is 1.70. The lowest BCUT2D eigenvalue weighted by atomic mass is 9.88. The summed E-state index contributed by atoms with van der Waals surface area (Å²) in [5, 5.41) is 15.8. The summed E-state index contributed by atoms with van der Waals surface area (Å²) in [6, 6.07) is 17.8. The molecule has 5 heteroatoms. The maximum atomic E-state index is 12.7. The maximum Gasteiger partial charge on any atom is 0.261 e. The van der Waals surface area contributed by atoms with Crippen molar-refractivity contribution >= 4 is 39.8 Å². The molecule has 1 aliphatic heterocycles. The van der Waals surface area contributed by atoms with Crippen molar-refractivity contribution in [2.24, 2.45) is 0 Å². The smallest absolute Gasteiger partial charge is 0.261 e. The van der Waals surface area contributed by atoms with Gasteiger partial charge in [-0.3, -0.25) is 9.59 Å². The van der Waals surface area contributed by atoms with Crippen LogP contribution in [0.5, 0.6) is 0 Å². The molecule has 3 aromatic rings. The molecular weight excluding hydrogens is 338 g/mol. The van der Waals surface area contributed by atoms with Gasteiger partial charge in [0, 0.05) is 21.8 Å². The second kappa shape index (κ2) is 5.69. The number of fused-ring (bicyclic) bond motifs is 2. The molecule has 3 aromatic carbocycles. The molecule has 1 heterocycles. The van der Waals surface area contributed by atoms with Gasteiger partial charge in [0.05, 0.1) is 6.42 Å². The monoisotopic (exact) mass is 351 g/mol. The first-order chi connectivity index (χ1) is 12.0. The van der Waals surface area contributed by atoms with E-state index in [2.05, 4.69) is 5.32 Å². The van der Waals surface area contributed by atoms with Gasteiger partial charge in [-0.25, -0.2) is 0 Å². The molecule has 0 aliphatic carbocycles. The summed E-state index contributed by atoms with van der Waals surface area (Å²) in [6.45, 7) is 0. The number of hydrogen-bond acceptors (Lipinski definition) is 3. The molecule has 0 fully saturated rings. The molecule has 4 rings (SSSR count). The Hall–Kier alpha value is -2.69. The highest BCUT2D eigenvalue weighted by Crippen LogP contribution is 2.40. The van der Waals surface area contributed by atoms with Crippen LogP contribution in [0.4, 0.5) is 5.69 Å². The summed E-state index contributed by atoms with van der Waals surface area (Å²) < 4.78 is 0. The Morgan fingerprint density at radius 1 is 1.04 bits per heavy atom. The van der Waals surface area contributed by atoms with E-state index in [-0.39, 0.29) is 12.2 Å². The highest BCUT2D eigenvalue weighted by Gasteiger charge is 2.46. The lowest BCUT2D eigenvalue weighted by Crippen LogP contribution is -2.36. The normalized spacial score (nSPS) is 18.9. The molecule has 0 saturated carbocycles. The van der Waals surface area contributed by atoms with Gasteiger partial charge in [0.15, 0.2) is 11.4 Å². The van der Waals surface area contributed by atoms with Crippen LogP contribution in [0, 0.1) is 0 Å². The van der Waals surface area contributed by atoms with Crippen molar-refractivity contribution in [3.63, 3.8) is 0 Å². The number of hydrogen-bond donors (Lipinski definition) is 2. The number of Topliss-reactive ketones (excluding diaryl/α,β-unsaturated/α-hetero) is 1. The first-order valence-electron chi connectivity index (χ1n) is 7.83. The van der Waals surface area contributed by atoms with Gasteiger partial charge in [0.2, 0.25) is 0 Å². The predicted octanol–water partition coefficient (Wildman–Crippen LogP) is 3.91. The SMILES string of the molecule is O=C(C[C@]1(O)C(=O)Nc2ccc(Cl)cc21)c1ccc2ccccc2c1. The Labute approximate surface area is 149 Å². The Kier molecular flexibility index (Phi) is 3.60. The van der Waals surface area contributed by atoms with Crippen LogP contribution in [0.15, 0.2) is 60.7 Å². The zero-order valence-corrected chi connectivity index (χ0v) is 13.9. The fourth-order valence-corrected chi connectivity index (χ4v) is 3.36. The largest absolute Gasteiger partial charge is 0.375 e. The van der Waals surface area contributed by atoms with Gasteiger partial charge in [-0.1, -0.05) is 48.0 Å². The van der Waals surface area contributed by atoms with E-state index in [4.69, 9.17) is 11.6 Å². The van der Waals surface area contributed by atoms with Gasteiger partial charge < -0.3 is 10.4 Å². The summed E-state index contributed by atoms with van der Waals surface area (Å²) in [4.78, 5) is 25.0. The molecule has 25 heavy (non-hydrogen) atoms. The van der Waals surface area contributed by atoms with Gasteiger partial charge in [0.25, 0.3) is 5.91 Å². The Bertz CT molecular complexity index is 1030. The summed E-state index contributed by atoms with van der Waals surface area (Å²) in [5.41, 5.74) is -0.652. The highest BCUT2D eigenvalue weighted by molar-refractivity contribution is 6.31. The molecule has 4 nitrogen and oxygen atoms in total. The maximum absolute atomic E-state index is 12.7. The third-order valence-electron chi connectivity index (χ3n) is 4.54. The van der Waals surface area contributed by atoms with Crippen LogP contribution in [0.2, 0.25) is 5.02 Å². The van der Waals surface area contributed by atoms with E-state index >= 15 is 0 Å². The fourth-order valence-electron chi connectivity index (χ4n) is 3.19.